The zero-order valence-electron chi connectivity index (χ0n) is 19.8. The fourth-order valence-electron chi connectivity index (χ4n) is 5.65. The Balaban J connectivity index is 1.72. The average Bonchev–Trinajstić information content (AvgIpc) is 2.97. The number of ether oxygens (including phenoxy) is 1. The van der Waals surface area contributed by atoms with Gasteiger partial charge in [-0.1, -0.05) is 140 Å². The number of hydrogen-bond donors (Lipinski definition) is 0. The standard InChI is InChI=1S/C34H26O2/c35-33(26-17-7-2-8-18-26)32-31(25-15-5-1-6-16-25)29-23-13-14-24-30(29)36-34(32,27-19-9-3-10-20-27)28-21-11-4-12-22-28/h1-24,31-32H. The van der Waals surface area contributed by atoms with E-state index < -0.39 is 11.5 Å². The van der Waals surface area contributed by atoms with Crippen LogP contribution in [0.2, 0.25) is 0 Å². The summed E-state index contributed by atoms with van der Waals surface area (Å²) in [5, 5.41) is 0. The second-order valence-corrected chi connectivity index (χ2v) is 9.20. The molecule has 0 bridgehead atoms. The Labute approximate surface area is 211 Å². The molecule has 0 radical (unpaired) electrons. The van der Waals surface area contributed by atoms with Crippen LogP contribution in [0.1, 0.15) is 38.5 Å². The van der Waals surface area contributed by atoms with Crippen molar-refractivity contribution in [3.63, 3.8) is 0 Å². The zero-order valence-corrected chi connectivity index (χ0v) is 19.8. The van der Waals surface area contributed by atoms with Crippen LogP contribution in [0, 0.1) is 5.92 Å². The molecule has 1 heterocycles. The van der Waals surface area contributed by atoms with Crippen molar-refractivity contribution in [2.75, 3.05) is 0 Å². The van der Waals surface area contributed by atoms with E-state index in [1.165, 1.54) is 0 Å². The van der Waals surface area contributed by atoms with Gasteiger partial charge in [-0.2, -0.15) is 0 Å². The molecule has 0 aliphatic carbocycles. The quantitative estimate of drug-likeness (QED) is 0.249. The first-order valence-electron chi connectivity index (χ1n) is 12.3. The van der Waals surface area contributed by atoms with E-state index in [9.17, 15) is 4.79 Å². The summed E-state index contributed by atoms with van der Waals surface area (Å²) in [6, 6.07) is 48.5. The van der Waals surface area contributed by atoms with E-state index >= 15 is 0 Å². The molecular formula is C34H26O2. The van der Waals surface area contributed by atoms with E-state index in [0.717, 1.165) is 28.0 Å². The fourth-order valence-corrected chi connectivity index (χ4v) is 5.65. The summed E-state index contributed by atoms with van der Waals surface area (Å²) in [5.41, 5.74) is 3.70. The Morgan fingerprint density at radius 2 is 1.03 bits per heavy atom. The Hall–Kier alpha value is -4.43. The van der Waals surface area contributed by atoms with Crippen LogP contribution < -0.4 is 4.74 Å². The molecule has 0 N–H and O–H groups in total. The highest BCUT2D eigenvalue weighted by Gasteiger charge is 2.56. The van der Waals surface area contributed by atoms with Gasteiger partial charge in [0.1, 0.15) is 5.75 Å². The molecule has 0 saturated heterocycles. The van der Waals surface area contributed by atoms with Gasteiger partial charge in [0.05, 0.1) is 5.92 Å². The summed E-state index contributed by atoms with van der Waals surface area (Å²) in [4.78, 5) is 14.7. The Morgan fingerprint density at radius 1 is 0.556 bits per heavy atom. The van der Waals surface area contributed by atoms with Crippen molar-refractivity contribution in [2.45, 2.75) is 11.5 Å². The first-order valence-corrected chi connectivity index (χ1v) is 12.3. The molecule has 2 atom stereocenters. The van der Waals surface area contributed by atoms with Crippen LogP contribution in [-0.2, 0) is 5.60 Å². The molecule has 0 saturated carbocycles. The second kappa shape index (κ2) is 9.31. The molecule has 36 heavy (non-hydrogen) atoms. The highest BCUT2D eigenvalue weighted by atomic mass is 16.5. The Morgan fingerprint density at radius 3 is 1.61 bits per heavy atom. The molecule has 0 fully saturated rings. The molecule has 1 aliphatic rings. The van der Waals surface area contributed by atoms with Crippen molar-refractivity contribution >= 4 is 5.78 Å². The SMILES string of the molecule is O=C(c1ccccc1)C1C(c2ccccc2)c2ccccc2OC1(c1ccccc1)c1ccccc1. The maximum Gasteiger partial charge on any atom is 0.171 e. The second-order valence-electron chi connectivity index (χ2n) is 9.20. The van der Waals surface area contributed by atoms with Crippen LogP contribution in [0.25, 0.3) is 0 Å². The average molecular weight is 467 g/mol. The predicted octanol–water partition coefficient (Wildman–Crippen LogP) is 7.65. The summed E-state index contributed by atoms with van der Waals surface area (Å²) >= 11 is 0. The van der Waals surface area contributed by atoms with Gasteiger partial charge in [-0.3, -0.25) is 4.79 Å². The highest BCUT2D eigenvalue weighted by Crippen LogP contribution is 2.56. The lowest BCUT2D eigenvalue weighted by Crippen LogP contribution is -2.51. The number of Topliss-reactive ketones (excluding diaryl/α,β-unsaturated/α-hetero) is 1. The van der Waals surface area contributed by atoms with Gasteiger partial charge in [0.25, 0.3) is 0 Å². The number of rotatable bonds is 5. The van der Waals surface area contributed by atoms with Gasteiger partial charge in [0.15, 0.2) is 11.4 Å². The summed E-state index contributed by atoms with van der Waals surface area (Å²) in [7, 11) is 0. The highest BCUT2D eigenvalue weighted by molar-refractivity contribution is 6.00. The smallest absolute Gasteiger partial charge is 0.171 e. The lowest BCUT2D eigenvalue weighted by atomic mass is 9.62. The molecule has 1 aliphatic heterocycles. The molecule has 0 spiro atoms. The fraction of sp³-hybridized carbons (Fsp3) is 0.0882. The molecule has 2 heteroatoms. The van der Waals surface area contributed by atoms with Gasteiger partial charge in [0.2, 0.25) is 0 Å². The largest absolute Gasteiger partial charge is 0.477 e. The predicted molar refractivity (Wildman–Crippen MR) is 143 cm³/mol. The van der Waals surface area contributed by atoms with Gasteiger partial charge in [-0.05, 0) is 11.6 Å². The van der Waals surface area contributed by atoms with E-state index in [0.29, 0.717) is 5.56 Å². The maximum atomic E-state index is 14.7. The number of hydrogen-bond acceptors (Lipinski definition) is 2. The van der Waals surface area contributed by atoms with Gasteiger partial charge < -0.3 is 4.74 Å². The topological polar surface area (TPSA) is 26.3 Å². The van der Waals surface area contributed by atoms with E-state index in [2.05, 4.69) is 42.5 Å². The number of fused-ring (bicyclic) bond motifs is 1. The summed E-state index contributed by atoms with van der Waals surface area (Å²) in [6.07, 6.45) is 0. The Kier molecular flexibility index (Phi) is 5.71. The monoisotopic (exact) mass is 466 g/mol. The van der Waals surface area contributed by atoms with Crippen LogP contribution in [0.15, 0.2) is 146 Å². The minimum absolute atomic E-state index is 0.0617. The van der Waals surface area contributed by atoms with Crippen molar-refractivity contribution in [3.05, 3.63) is 173 Å². The normalized spacial score (nSPS) is 18.0. The minimum atomic E-state index is -1.02. The lowest BCUT2D eigenvalue weighted by molar-refractivity contribution is 0.0183. The van der Waals surface area contributed by atoms with Gasteiger partial charge in [-0.25, -0.2) is 0 Å². The molecule has 6 rings (SSSR count). The first kappa shape index (κ1) is 22.1. The van der Waals surface area contributed by atoms with Crippen LogP contribution in [-0.4, -0.2) is 5.78 Å². The lowest BCUT2D eigenvalue weighted by Gasteiger charge is -2.49. The van der Waals surface area contributed by atoms with Crippen molar-refractivity contribution in [1.82, 2.24) is 0 Å². The molecule has 0 amide bonds. The van der Waals surface area contributed by atoms with E-state index in [4.69, 9.17) is 4.74 Å². The van der Waals surface area contributed by atoms with Gasteiger partial charge >= 0.3 is 0 Å². The number of ketones is 1. The third-order valence-electron chi connectivity index (χ3n) is 7.20. The summed E-state index contributed by atoms with van der Waals surface area (Å²) in [5.74, 6) is 0.120. The summed E-state index contributed by atoms with van der Waals surface area (Å²) in [6.45, 7) is 0. The molecule has 2 nitrogen and oxygen atoms in total. The van der Waals surface area contributed by atoms with E-state index in [1.807, 2.05) is 103 Å². The van der Waals surface area contributed by atoms with Crippen LogP contribution in [0.4, 0.5) is 0 Å². The number of carbonyl (C=O) groups excluding carboxylic acids is 1. The third-order valence-corrected chi connectivity index (χ3v) is 7.20. The van der Waals surface area contributed by atoms with Crippen LogP contribution in [0.3, 0.4) is 0 Å². The molecule has 174 valence electrons. The van der Waals surface area contributed by atoms with Crippen molar-refractivity contribution in [1.29, 1.82) is 0 Å². The molecule has 5 aromatic rings. The van der Waals surface area contributed by atoms with Gasteiger partial charge in [-0.15, -0.1) is 0 Å². The van der Waals surface area contributed by atoms with E-state index in [-0.39, 0.29) is 11.7 Å². The molecule has 0 aromatic heterocycles. The number of para-hydroxylation sites is 1. The van der Waals surface area contributed by atoms with E-state index in [1.54, 1.807) is 0 Å². The van der Waals surface area contributed by atoms with Crippen LogP contribution >= 0.6 is 0 Å². The Bertz CT molecular complexity index is 1420. The summed E-state index contributed by atoms with van der Waals surface area (Å²) < 4.78 is 7.08. The maximum absolute atomic E-state index is 14.7. The first-order chi connectivity index (χ1) is 17.8. The van der Waals surface area contributed by atoms with Crippen molar-refractivity contribution in [3.8, 4) is 5.75 Å². The van der Waals surface area contributed by atoms with Crippen LogP contribution in [0.5, 0.6) is 5.75 Å². The van der Waals surface area contributed by atoms with Crippen molar-refractivity contribution in [2.24, 2.45) is 5.92 Å². The number of carbonyl (C=O) groups is 1. The third kappa shape index (κ3) is 3.63. The van der Waals surface area contributed by atoms with Crippen molar-refractivity contribution < 1.29 is 9.53 Å². The van der Waals surface area contributed by atoms with Gasteiger partial charge in [0, 0.05) is 28.2 Å². The number of benzene rings is 5. The molecule has 5 aromatic carbocycles. The zero-order chi connectivity index (χ0) is 24.4. The molecular weight excluding hydrogens is 440 g/mol. The minimum Gasteiger partial charge on any atom is -0.477 e. The molecule has 2 unspecified atom stereocenters.